The van der Waals surface area contributed by atoms with Gasteiger partial charge >= 0.3 is 0 Å². The highest BCUT2D eigenvalue weighted by Gasteiger charge is 2.44. The van der Waals surface area contributed by atoms with Crippen molar-refractivity contribution in [3.05, 3.63) is 93.3 Å². The van der Waals surface area contributed by atoms with Gasteiger partial charge in [-0.2, -0.15) is 0 Å². The average Bonchev–Trinajstić information content (AvgIpc) is 3.05. The summed E-state index contributed by atoms with van der Waals surface area (Å²) in [4.78, 5) is 0. The second-order valence-corrected chi connectivity index (χ2v) is 9.93. The van der Waals surface area contributed by atoms with Gasteiger partial charge in [0.15, 0.2) is 0 Å². The van der Waals surface area contributed by atoms with Crippen molar-refractivity contribution in [2.45, 2.75) is 72.4 Å². The van der Waals surface area contributed by atoms with Crippen molar-refractivity contribution in [2.75, 3.05) is 5.32 Å². The van der Waals surface area contributed by atoms with Crippen LogP contribution in [0.5, 0.6) is 5.75 Å². The van der Waals surface area contributed by atoms with Crippen molar-refractivity contribution < 1.29 is 9.13 Å². The van der Waals surface area contributed by atoms with E-state index in [4.69, 9.17) is 4.74 Å². The van der Waals surface area contributed by atoms with E-state index in [1.54, 1.807) is 0 Å². The largest absolute Gasteiger partial charge is 0.486 e. The lowest BCUT2D eigenvalue weighted by atomic mass is 9.78. The van der Waals surface area contributed by atoms with E-state index in [-0.39, 0.29) is 17.3 Å². The molecule has 3 aromatic carbocycles. The molecular formula is C29H34FNO. The zero-order chi connectivity index (χ0) is 23.2. The van der Waals surface area contributed by atoms with Crippen LogP contribution in [0.1, 0.15) is 78.5 Å². The summed E-state index contributed by atoms with van der Waals surface area (Å²) in [5.41, 5.74) is 9.40. The first-order valence-corrected chi connectivity index (χ1v) is 11.5. The van der Waals surface area contributed by atoms with Crippen LogP contribution in [0.15, 0.2) is 48.5 Å². The molecule has 0 aliphatic carbocycles. The van der Waals surface area contributed by atoms with E-state index in [0.29, 0.717) is 12.5 Å². The SMILES string of the molecule is Cc1c(C)c2c(c(C)c1NCc1ccc(F)cc1)[C@@H](c1ccc(C(C)C)cc1)C(C)(C)O2. The van der Waals surface area contributed by atoms with E-state index < -0.39 is 0 Å². The molecular weight excluding hydrogens is 397 g/mol. The first kappa shape index (κ1) is 22.4. The van der Waals surface area contributed by atoms with E-state index in [9.17, 15) is 4.39 Å². The summed E-state index contributed by atoms with van der Waals surface area (Å²) >= 11 is 0. The molecule has 32 heavy (non-hydrogen) atoms. The molecule has 2 nitrogen and oxygen atoms in total. The van der Waals surface area contributed by atoms with Crippen molar-refractivity contribution >= 4 is 5.69 Å². The number of ether oxygens (including phenoxy) is 1. The van der Waals surface area contributed by atoms with Crippen molar-refractivity contribution in [1.82, 2.24) is 0 Å². The summed E-state index contributed by atoms with van der Waals surface area (Å²) in [6, 6.07) is 15.7. The Morgan fingerprint density at radius 3 is 2.12 bits per heavy atom. The fraction of sp³-hybridized carbons (Fsp3) is 0.379. The lowest BCUT2D eigenvalue weighted by Crippen LogP contribution is -2.31. The normalized spacial score (nSPS) is 16.7. The van der Waals surface area contributed by atoms with Crippen LogP contribution in [-0.4, -0.2) is 5.60 Å². The van der Waals surface area contributed by atoms with Gasteiger partial charge in [-0.3, -0.25) is 0 Å². The molecule has 1 N–H and O–H groups in total. The van der Waals surface area contributed by atoms with Crippen molar-refractivity contribution in [3.63, 3.8) is 0 Å². The number of benzene rings is 3. The van der Waals surface area contributed by atoms with Gasteiger partial charge in [-0.15, -0.1) is 0 Å². The topological polar surface area (TPSA) is 21.3 Å². The third kappa shape index (κ3) is 3.90. The Hall–Kier alpha value is -2.81. The Morgan fingerprint density at radius 1 is 0.906 bits per heavy atom. The Bertz CT molecular complexity index is 1130. The second-order valence-electron chi connectivity index (χ2n) is 9.93. The lowest BCUT2D eigenvalue weighted by Gasteiger charge is -2.27. The average molecular weight is 432 g/mol. The van der Waals surface area contributed by atoms with E-state index in [1.807, 2.05) is 12.1 Å². The standard InChI is InChI=1S/C29H34FNO/c1-17(2)22-10-12-23(13-11-22)26-25-20(5)27(31-16-21-8-14-24(30)15-9-21)18(3)19(4)28(25)32-29(26,6)7/h8-15,17,26,31H,16H2,1-7H3/t26-/m1/s1. The fourth-order valence-corrected chi connectivity index (χ4v) is 4.99. The lowest BCUT2D eigenvalue weighted by molar-refractivity contribution is 0.121. The highest BCUT2D eigenvalue weighted by Crippen LogP contribution is 2.53. The first-order valence-electron chi connectivity index (χ1n) is 11.5. The number of hydrogen-bond acceptors (Lipinski definition) is 2. The van der Waals surface area contributed by atoms with Crippen LogP contribution in [0.3, 0.4) is 0 Å². The molecule has 1 heterocycles. The van der Waals surface area contributed by atoms with E-state index in [0.717, 1.165) is 17.0 Å². The van der Waals surface area contributed by atoms with Gasteiger partial charge in [-0.05, 0) is 86.1 Å². The molecule has 168 valence electrons. The van der Waals surface area contributed by atoms with Crippen LogP contribution >= 0.6 is 0 Å². The summed E-state index contributed by atoms with van der Waals surface area (Å²) in [5.74, 6) is 1.48. The Balaban J connectivity index is 1.76. The smallest absolute Gasteiger partial charge is 0.127 e. The maximum atomic E-state index is 13.3. The molecule has 3 aromatic rings. The van der Waals surface area contributed by atoms with Gasteiger partial charge in [0.1, 0.15) is 17.2 Å². The van der Waals surface area contributed by atoms with Gasteiger partial charge in [0.25, 0.3) is 0 Å². The van der Waals surface area contributed by atoms with Crippen LogP contribution in [0, 0.1) is 26.6 Å². The van der Waals surface area contributed by atoms with Gasteiger partial charge in [-0.1, -0.05) is 50.2 Å². The predicted octanol–water partition coefficient (Wildman–Crippen LogP) is 7.79. The zero-order valence-corrected chi connectivity index (χ0v) is 20.3. The molecule has 0 saturated heterocycles. The molecule has 0 fully saturated rings. The van der Waals surface area contributed by atoms with Crippen LogP contribution < -0.4 is 10.1 Å². The van der Waals surface area contributed by atoms with Crippen LogP contribution in [0.4, 0.5) is 10.1 Å². The number of nitrogens with one attached hydrogen (secondary N) is 1. The number of fused-ring (bicyclic) bond motifs is 1. The molecule has 0 radical (unpaired) electrons. The summed E-state index contributed by atoms with van der Waals surface area (Å²) in [6.07, 6.45) is 0. The van der Waals surface area contributed by atoms with Crippen LogP contribution in [-0.2, 0) is 6.54 Å². The summed E-state index contributed by atoms with van der Waals surface area (Å²) in [6.45, 7) is 16.0. The minimum atomic E-state index is -0.334. The van der Waals surface area contributed by atoms with E-state index in [2.05, 4.69) is 78.0 Å². The number of halogens is 1. The van der Waals surface area contributed by atoms with Crippen molar-refractivity contribution in [1.29, 1.82) is 0 Å². The van der Waals surface area contributed by atoms with Gasteiger partial charge in [0, 0.05) is 17.8 Å². The van der Waals surface area contributed by atoms with Gasteiger partial charge in [0.05, 0.1) is 5.92 Å². The molecule has 1 aliphatic heterocycles. The second kappa shape index (κ2) is 8.27. The van der Waals surface area contributed by atoms with Crippen LogP contribution in [0.25, 0.3) is 0 Å². The Labute approximate surface area is 191 Å². The minimum absolute atomic E-state index is 0.157. The molecule has 3 heteroatoms. The highest BCUT2D eigenvalue weighted by molar-refractivity contribution is 5.71. The quantitative estimate of drug-likeness (QED) is 0.445. The Kier molecular flexibility index (Phi) is 5.79. The van der Waals surface area contributed by atoms with Gasteiger partial charge < -0.3 is 10.1 Å². The van der Waals surface area contributed by atoms with Gasteiger partial charge in [-0.25, -0.2) is 4.39 Å². The third-order valence-electron chi connectivity index (χ3n) is 6.97. The Morgan fingerprint density at radius 2 is 1.53 bits per heavy atom. The van der Waals surface area contributed by atoms with Gasteiger partial charge in [0.2, 0.25) is 0 Å². The molecule has 0 spiro atoms. The van der Waals surface area contributed by atoms with Crippen molar-refractivity contribution in [3.8, 4) is 5.75 Å². The number of anilines is 1. The summed E-state index contributed by atoms with van der Waals surface area (Å²) in [5, 5.41) is 3.63. The predicted molar refractivity (Wildman–Crippen MR) is 131 cm³/mol. The monoisotopic (exact) mass is 431 g/mol. The minimum Gasteiger partial charge on any atom is -0.486 e. The molecule has 0 aromatic heterocycles. The van der Waals surface area contributed by atoms with Crippen LogP contribution in [0.2, 0.25) is 0 Å². The van der Waals surface area contributed by atoms with E-state index >= 15 is 0 Å². The molecule has 0 unspecified atom stereocenters. The summed E-state index contributed by atoms with van der Waals surface area (Å²) < 4.78 is 19.9. The fourth-order valence-electron chi connectivity index (χ4n) is 4.99. The molecule has 4 rings (SSSR count). The number of hydrogen-bond donors (Lipinski definition) is 1. The molecule has 1 atom stereocenters. The zero-order valence-electron chi connectivity index (χ0n) is 20.3. The summed E-state index contributed by atoms with van der Waals surface area (Å²) in [7, 11) is 0. The maximum absolute atomic E-state index is 13.3. The number of rotatable bonds is 5. The maximum Gasteiger partial charge on any atom is 0.127 e. The third-order valence-corrected chi connectivity index (χ3v) is 6.97. The molecule has 1 aliphatic rings. The first-order chi connectivity index (χ1) is 15.1. The molecule has 0 bridgehead atoms. The highest BCUT2D eigenvalue weighted by atomic mass is 19.1. The molecule has 0 amide bonds. The van der Waals surface area contributed by atoms with Crippen molar-refractivity contribution in [2.24, 2.45) is 0 Å². The van der Waals surface area contributed by atoms with E-state index in [1.165, 1.54) is 45.5 Å². The molecule has 0 saturated carbocycles.